The van der Waals surface area contributed by atoms with Crippen LogP contribution in [0.2, 0.25) is 0 Å². The first-order chi connectivity index (χ1) is 8.36. The number of amides is 1. The Bertz CT molecular complexity index is 449. The van der Waals surface area contributed by atoms with Crippen molar-refractivity contribution in [3.8, 4) is 5.88 Å². The minimum absolute atomic E-state index is 0.168. The Morgan fingerprint density at radius 2 is 1.94 bits per heavy atom. The predicted octanol–water partition coefficient (Wildman–Crippen LogP) is 2.58. The summed E-state index contributed by atoms with van der Waals surface area (Å²) in [4.78, 5) is 21.7. The van der Waals surface area contributed by atoms with Gasteiger partial charge in [0.2, 0.25) is 5.88 Å². The molecule has 0 radical (unpaired) electrons. The Morgan fingerprint density at radius 3 is 2.44 bits per heavy atom. The lowest BCUT2D eigenvalue weighted by Crippen LogP contribution is -2.26. The quantitative estimate of drug-likeness (QED) is 0.844. The number of thioether (sulfide) groups is 1. The van der Waals surface area contributed by atoms with Crippen molar-refractivity contribution < 1.29 is 9.53 Å². The third-order valence-electron chi connectivity index (χ3n) is 2.63. The van der Waals surface area contributed by atoms with Crippen LogP contribution in [0.1, 0.15) is 29.3 Å². The van der Waals surface area contributed by atoms with Crippen molar-refractivity contribution in [3.63, 3.8) is 0 Å². The number of nitrogens with zero attached hydrogens (tertiary/aromatic N) is 3. The lowest BCUT2D eigenvalue weighted by Gasteiger charge is -2.15. The summed E-state index contributed by atoms with van der Waals surface area (Å²) < 4.78 is 5.25. The summed E-state index contributed by atoms with van der Waals surface area (Å²) in [6.45, 7) is 5.76. The normalized spacial score (nSPS) is 12.1. The second kappa shape index (κ2) is 6.04. The van der Waals surface area contributed by atoms with Crippen molar-refractivity contribution in [1.29, 1.82) is 0 Å². The Morgan fingerprint density at radius 1 is 1.33 bits per heavy atom. The van der Waals surface area contributed by atoms with Crippen molar-refractivity contribution in [2.75, 3.05) is 20.4 Å². The number of hydrogen-bond donors (Lipinski definition) is 0. The third-order valence-corrected chi connectivity index (χ3v) is 3.55. The minimum atomic E-state index is -0.432. The first-order valence-corrected chi connectivity index (χ1v) is 6.92. The molecule has 1 atom stereocenters. The van der Waals surface area contributed by atoms with E-state index in [0.29, 0.717) is 11.7 Å². The van der Waals surface area contributed by atoms with Gasteiger partial charge < -0.3 is 9.64 Å². The molecule has 0 bridgehead atoms. The number of rotatable bonds is 3. The number of ether oxygens (including phenoxy) is 1. The molecule has 0 saturated heterocycles. The van der Waals surface area contributed by atoms with E-state index in [1.165, 1.54) is 4.90 Å². The van der Waals surface area contributed by atoms with Gasteiger partial charge in [0.05, 0.1) is 5.25 Å². The van der Waals surface area contributed by atoms with Crippen LogP contribution in [-0.4, -0.2) is 41.3 Å². The van der Waals surface area contributed by atoms with Crippen LogP contribution in [0.15, 0.2) is 0 Å². The average molecular weight is 269 g/mol. The number of carbonyl (C=O) groups is 1. The molecular formula is C12H19N3O2S. The molecule has 0 fully saturated rings. The van der Waals surface area contributed by atoms with Crippen LogP contribution in [0.4, 0.5) is 4.79 Å². The first kappa shape index (κ1) is 14.8. The second-order valence-electron chi connectivity index (χ2n) is 4.24. The standard InChI is InChI=1S/C12H19N3O2S/c1-7-8(2)13-10(9(3)18-6)14-11(7)17-12(16)15(4)5/h9H,1-6H3. The van der Waals surface area contributed by atoms with E-state index in [2.05, 4.69) is 9.97 Å². The summed E-state index contributed by atoms with van der Waals surface area (Å²) in [7, 11) is 3.27. The molecule has 0 saturated carbocycles. The summed E-state index contributed by atoms with van der Waals surface area (Å²) in [6.07, 6.45) is 1.56. The zero-order valence-electron chi connectivity index (χ0n) is 11.6. The lowest BCUT2D eigenvalue weighted by atomic mass is 10.2. The highest BCUT2D eigenvalue weighted by Gasteiger charge is 2.16. The van der Waals surface area contributed by atoms with Crippen molar-refractivity contribution in [2.24, 2.45) is 0 Å². The topological polar surface area (TPSA) is 55.3 Å². The lowest BCUT2D eigenvalue weighted by molar-refractivity contribution is 0.169. The van der Waals surface area contributed by atoms with E-state index in [9.17, 15) is 4.79 Å². The largest absolute Gasteiger partial charge is 0.416 e. The summed E-state index contributed by atoms with van der Waals surface area (Å²) in [6, 6.07) is 0. The summed E-state index contributed by atoms with van der Waals surface area (Å²) in [5.74, 6) is 1.03. The van der Waals surface area contributed by atoms with Gasteiger partial charge in [-0.05, 0) is 27.0 Å². The van der Waals surface area contributed by atoms with Gasteiger partial charge in [-0.3, -0.25) is 0 Å². The molecule has 1 aromatic rings. The summed E-state index contributed by atoms with van der Waals surface area (Å²) in [5.41, 5.74) is 1.63. The van der Waals surface area contributed by atoms with Crippen LogP contribution in [-0.2, 0) is 0 Å². The molecule has 0 aliphatic rings. The molecule has 0 spiro atoms. The van der Waals surface area contributed by atoms with E-state index in [-0.39, 0.29) is 5.25 Å². The molecule has 1 heterocycles. The van der Waals surface area contributed by atoms with Gasteiger partial charge in [-0.1, -0.05) is 0 Å². The fourth-order valence-corrected chi connectivity index (χ4v) is 1.50. The zero-order valence-corrected chi connectivity index (χ0v) is 12.5. The zero-order chi connectivity index (χ0) is 13.9. The highest BCUT2D eigenvalue weighted by atomic mass is 32.2. The molecule has 18 heavy (non-hydrogen) atoms. The molecule has 6 heteroatoms. The van der Waals surface area contributed by atoms with Gasteiger partial charge in [-0.2, -0.15) is 16.7 Å². The van der Waals surface area contributed by atoms with Gasteiger partial charge in [0.15, 0.2) is 0 Å². The first-order valence-electron chi connectivity index (χ1n) is 5.63. The van der Waals surface area contributed by atoms with Crippen LogP contribution in [0, 0.1) is 13.8 Å². The Labute approximate surface area is 112 Å². The summed E-state index contributed by atoms with van der Waals surface area (Å²) >= 11 is 1.65. The SMILES string of the molecule is CSC(C)c1nc(C)c(C)c(OC(=O)N(C)C)n1. The fraction of sp³-hybridized carbons (Fsp3) is 0.583. The van der Waals surface area contributed by atoms with E-state index in [4.69, 9.17) is 4.74 Å². The van der Waals surface area contributed by atoms with Gasteiger partial charge in [0.25, 0.3) is 0 Å². The van der Waals surface area contributed by atoms with E-state index in [1.54, 1.807) is 25.9 Å². The van der Waals surface area contributed by atoms with Crippen molar-refractivity contribution in [2.45, 2.75) is 26.0 Å². The van der Waals surface area contributed by atoms with Gasteiger partial charge in [-0.25, -0.2) is 9.78 Å². The van der Waals surface area contributed by atoms with Gasteiger partial charge in [0, 0.05) is 25.4 Å². The second-order valence-corrected chi connectivity index (χ2v) is 5.42. The molecule has 0 aliphatic heterocycles. The molecule has 1 aromatic heterocycles. The van der Waals surface area contributed by atoms with E-state index in [0.717, 1.165) is 11.3 Å². The average Bonchev–Trinajstić information content (AvgIpc) is 2.33. The number of carbonyl (C=O) groups excluding carboxylic acids is 1. The van der Waals surface area contributed by atoms with Gasteiger partial charge in [0.1, 0.15) is 5.82 Å². The Hall–Kier alpha value is -1.30. The maximum absolute atomic E-state index is 11.6. The van der Waals surface area contributed by atoms with Crippen molar-refractivity contribution in [3.05, 3.63) is 17.1 Å². The maximum Gasteiger partial charge on any atom is 0.416 e. The van der Waals surface area contributed by atoms with Gasteiger partial charge >= 0.3 is 6.09 Å². The van der Waals surface area contributed by atoms with Crippen LogP contribution < -0.4 is 4.74 Å². The number of hydrogen-bond acceptors (Lipinski definition) is 5. The number of aryl methyl sites for hydroxylation is 1. The molecule has 5 nitrogen and oxygen atoms in total. The molecule has 0 N–H and O–H groups in total. The van der Waals surface area contributed by atoms with Crippen molar-refractivity contribution >= 4 is 17.9 Å². The molecule has 1 amide bonds. The molecule has 100 valence electrons. The molecular weight excluding hydrogens is 250 g/mol. The Kier molecular flexibility index (Phi) is 4.95. The highest BCUT2D eigenvalue weighted by Crippen LogP contribution is 2.26. The third kappa shape index (κ3) is 3.35. The van der Waals surface area contributed by atoms with Crippen molar-refractivity contribution in [1.82, 2.24) is 14.9 Å². The molecule has 1 unspecified atom stereocenters. The smallest absolute Gasteiger partial charge is 0.391 e. The molecule has 0 aliphatic carbocycles. The Balaban J connectivity index is 3.10. The predicted molar refractivity (Wildman–Crippen MR) is 73.1 cm³/mol. The monoisotopic (exact) mass is 269 g/mol. The van der Waals surface area contributed by atoms with Crippen LogP contribution in [0.5, 0.6) is 5.88 Å². The molecule has 1 rings (SSSR count). The van der Waals surface area contributed by atoms with E-state index >= 15 is 0 Å². The van der Waals surface area contributed by atoms with Gasteiger partial charge in [-0.15, -0.1) is 0 Å². The fourth-order valence-electron chi connectivity index (χ4n) is 1.18. The highest BCUT2D eigenvalue weighted by molar-refractivity contribution is 7.98. The number of aromatic nitrogens is 2. The van der Waals surface area contributed by atoms with E-state index in [1.807, 2.05) is 27.0 Å². The van der Waals surface area contributed by atoms with Crippen LogP contribution >= 0.6 is 11.8 Å². The molecule has 0 aromatic carbocycles. The maximum atomic E-state index is 11.6. The van der Waals surface area contributed by atoms with Crippen LogP contribution in [0.3, 0.4) is 0 Å². The van der Waals surface area contributed by atoms with Crippen LogP contribution in [0.25, 0.3) is 0 Å². The summed E-state index contributed by atoms with van der Waals surface area (Å²) in [5, 5.41) is 0.168. The minimum Gasteiger partial charge on any atom is -0.391 e. The van der Waals surface area contributed by atoms with E-state index < -0.39 is 6.09 Å².